The predicted molar refractivity (Wildman–Crippen MR) is 87.1 cm³/mol. The molecule has 2 aromatic rings. The molecule has 2 aromatic carbocycles. The summed E-state index contributed by atoms with van der Waals surface area (Å²) < 4.78 is 32.1. The Balaban J connectivity index is 2.54. The van der Waals surface area contributed by atoms with Crippen LogP contribution in [0.25, 0.3) is 0 Å². The van der Waals surface area contributed by atoms with E-state index in [4.69, 9.17) is 11.9 Å². The first-order chi connectivity index (χ1) is 11.0. The van der Waals surface area contributed by atoms with Crippen molar-refractivity contribution in [2.45, 2.75) is 23.8 Å². The van der Waals surface area contributed by atoms with Gasteiger partial charge in [0.15, 0.2) is 5.54 Å². The van der Waals surface area contributed by atoms with Crippen molar-refractivity contribution in [3.8, 4) is 0 Å². The van der Waals surface area contributed by atoms with E-state index in [1.54, 1.807) is 55.5 Å². The van der Waals surface area contributed by atoms with Gasteiger partial charge in [-0.05, 0) is 24.1 Å². The van der Waals surface area contributed by atoms with Crippen molar-refractivity contribution in [2.24, 2.45) is 0 Å². The van der Waals surface area contributed by atoms with Crippen LogP contribution in [0, 0.1) is 0 Å². The number of carbonyl (C=O) groups excluding carboxylic acids is 1. The van der Waals surface area contributed by atoms with Crippen molar-refractivity contribution < 1.29 is 17.5 Å². The molecule has 0 fully saturated rings. The van der Waals surface area contributed by atoms with Crippen molar-refractivity contribution in [1.82, 2.24) is 4.72 Å². The zero-order valence-electron chi connectivity index (χ0n) is 12.4. The number of benzene rings is 2. The maximum Gasteiger partial charge on any atom is 0.350 e. The molecule has 0 aliphatic heterocycles. The van der Waals surface area contributed by atoms with E-state index in [0.717, 1.165) is 0 Å². The van der Waals surface area contributed by atoms with Crippen molar-refractivity contribution in [3.63, 3.8) is 0 Å². The molecular weight excluding hydrogens is 338 g/mol. The first kappa shape index (κ1) is 17.5. The van der Waals surface area contributed by atoms with E-state index < -0.39 is 21.5 Å². The van der Waals surface area contributed by atoms with Crippen molar-refractivity contribution in [3.05, 3.63) is 66.2 Å². The summed E-state index contributed by atoms with van der Waals surface area (Å²) in [6, 6.07) is 16.3. The van der Waals surface area contributed by atoms with Crippen molar-refractivity contribution in [2.75, 3.05) is 0 Å². The average molecular weight is 354 g/mol. The molecule has 1 atom stereocenters. The standard InChI is InChI=1S/C16H16ClNO4S/c1-2-16(15(19)22-17,13-9-5-3-6-10-13)18-23(20,21)14-11-7-4-8-12-14/h3-12,18H,2H2,1H3. The monoisotopic (exact) mass is 353 g/mol. The number of halogens is 1. The third-order valence-electron chi connectivity index (χ3n) is 3.58. The summed E-state index contributed by atoms with van der Waals surface area (Å²) in [6.07, 6.45) is 0.134. The van der Waals surface area contributed by atoms with E-state index >= 15 is 0 Å². The van der Waals surface area contributed by atoms with E-state index in [9.17, 15) is 13.2 Å². The minimum Gasteiger partial charge on any atom is -0.345 e. The number of hydrogen-bond donors (Lipinski definition) is 1. The van der Waals surface area contributed by atoms with Crippen LogP contribution >= 0.6 is 11.9 Å². The van der Waals surface area contributed by atoms with E-state index in [2.05, 4.69) is 9.01 Å². The lowest BCUT2D eigenvalue weighted by Gasteiger charge is -2.30. The second-order valence-corrected chi connectivity index (χ2v) is 6.74. The van der Waals surface area contributed by atoms with Crippen LogP contribution in [0.1, 0.15) is 18.9 Å². The Kier molecular flexibility index (Phi) is 5.41. The zero-order chi connectivity index (χ0) is 16.9. The lowest BCUT2D eigenvalue weighted by atomic mass is 9.88. The second-order valence-electron chi connectivity index (χ2n) is 4.91. The third kappa shape index (κ3) is 3.55. The molecule has 1 N–H and O–H groups in total. The third-order valence-corrected chi connectivity index (χ3v) is 5.23. The highest BCUT2D eigenvalue weighted by Crippen LogP contribution is 2.29. The number of rotatable bonds is 6. The van der Waals surface area contributed by atoms with Gasteiger partial charge in [0.1, 0.15) is 11.9 Å². The molecule has 23 heavy (non-hydrogen) atoms. The van der Waals surface area contributed by atoms with E-state index in [0.29, 0.717) is 5.56 Å². The zero-order valence-corrected chi connectivity index (χ0v) is 14.0. The molecule has 2 rings (SSSR count). The normalized spacial score (nSPS) is 14.0. The molecule has 122 valence electrons. The molecule has 1 unspecified atom stereocenters. The van der Waals surface area contributed by atoms with Crippen LogP contribution in [-0.4, -0.2) is 14.4 Å². The molecule has 0 bridgehead atoms. The Morgan fingerprint density at radius 2 is 1.61 bits per heavy atom. The Labute approximate surface area is 140 Å². The number of sulfonamides is 1. The maximum atomic E-state index is 12.6. The summed E-state index contributed by atoms with van der Waals surface area (Å²) >= 11 is 5.26. The minimum atomic E-state index is -3.94. The molecule has 0 amide bonds. The quantitative estimate of drug-likeness (QED) is 0.866. The van der Waals surface area contributed by atoms with Crippen LogP contribution in [0.4, 0.5) is 0 Å². The van der Waals surface area contributed by atoms with Gasteiger partial charge in [0.25, 0.3) is 0 Å². The van der Waals surface area contributed by atoms with Gasteiger partial charge in [0.2, 0.25) is 10.0 Å². The molecule has 0 saturated heterocycles. The van der Waals surface area contributed by atoms with Gasteiger partial charge in [0.05, 0.1) is 4.90 Å². The van der Waals surface area contributed by atoms with Crippen LogP contribution in [0.3, 0.4) is 0 Å². The van der Waals surface area contributed by atoms with Gasteiger partial charge in [-0.25, -0.2) is 13.2 Å². The Bertz CT molecular complexity index is 765. The van der Waals surface area contributed by atoms with Gasteiger partial charge in [-0.15, -0.1) is 0 Å². The molecule has 0 saturated carbocycles. The summed E-state index contributed by atoms with van der Waals surface area (Å²) in [5.41, 5.74) is -1.15. The summed E-state index contributed by atoms with van der Waals surface area (Å²) in [7, 11) is -3.94. The molecule has 0 aliphatic carbocycles. The predicted octanol–water partition coefficient (Wildman–Crippen LogP) is 2.97. The lowest BCUT2D eigenvalue weighted by molar-refractivity contribution is -0.141. The molecule has 0 radical (unpaired) electrons. The van der Waals surface area contributed by atoms with Gasteiger partial charge in [-0.1, -0.05) is 55.5 Å². The molecule has 0 aromatic heterocycles. The van der Waals surface area contributed by atoms with Gasteiger partial charge < -0.3 is 4.29 Å². The van der Waals surface area contributed by atoms with E-state index in [1.807, 2.05) is 0 Å². The number of hydrogen-bond acceptors (Lipinski definition) is 4. The van der Waals surface area contributed by atoms with Crippen LogP contribution in [0.2, 0.25) is 0 Å². The summed E-state index contributed by atoms with van der Waals surface area (Å²) in [4.78, 5) is 12.3. The fourth-order valence-corrected chi connectivity index (χ4v) is 3.88. The second kappa shape index (κ2) is 7.12. The average Bonchev–Trinajstić information content (AvgIpc) is 2.60. The molecular formula is C16H16ClNO4S. The molecule has 0 spiro atoms. The van der Waals surface area contributed by atoms with Gasteiger partial charge in [0, 0.05) is 0 Å². The Morgan fingerprint density at radius 1 is 1.09 bits per heavy atom. The molecule has 7 heteroatoms. The van der Waals surface area contributed by atoms with Crippen LogP contribution < -0.4 is 4.72 Å². The highest BCUT2D eigenvalue weighted by Gasteiger charge is 2.44. The first-order valence-corrected chi connectivity index (χ1v) is 8.73. The Hall–Kier alpha value is -1.89. The highest BCUT2D eigenvalue weighted by atomic mass is 35.5. The maximum absolute atomic E-state index is 12.6. The minimum absolute atomic E-state index is 0.0520. The highest BCUT2D eigenvalue weighted by molar-refractivity contribution is 7.89. The fourth-order valence-electron chi connectivity index (χ4n) is 2.32. The smallest absolute Gasteiger partial charge is 0.345 e. The molecule has 0 aliphatic rings. The summed E-state index contributed by atoms with van der Waals surface area (Å²) in [6.45, 7) is 1.67. The number of nitrogens with one attached hydrogen (secondary N) is 1. The van der Waals surface area contributed by atoms with E-state index in [1.165, 1.54) is 12.1 Å². The van der Waals surface area contributed by atoms with Crippen LogP contribution in [0.5, 0.6) is 0 Å². The van der Waals surface area contributed by atoms with E-state index in [-0.39, 0.29) is 11.3 Å². The summed E-state index contributed by atoms with van der Waals surface area (Å²) in [5.74, 6) is -0.882. The van der Waals surface area contributed by atoms with Crippen molar-refractivity contribution in [1.29, 1.82) is 0 Å². The van der Waals surface area contributed by atoms with Crippen molar-refractivity contribution >= 4 is 27.9 Å². The van der Waals surface area contributed by atoms with Crippen LogP contribution in [-0.2, 0) is 24.6 Å². The SMILES string of the molecule is CCC(NS(=O)(=O)c1ccccc1)(C(=O)OCl)c1ccccc1. The lowest BCUT2D eigenvalue weighted by Crippen LogP contribution is -2.51. The molecule has 5 nitrogen and oxygen atoms in total. The Morgan fingerprint density at radius 3 is 2.09 bits per heavy atom. The molecule has 0 heterocycles. The summed E-state index contributed by atoms with van der Waals surface area (Å²) in [5, 5.41) is 0. The topological polar surface area (TPSA) is 72.5 Å². The van der Waals surface area contributed by atoms with Gasteiger partial charge in [-0.3, -0.25) is 0 Å². The number of carbonyl (C=O) groups is 1. The van der Waals surface area contributed by atoms with Gasteiger partial charge in [-0.2, -0.15) is 4.72 Å². The van der Waals surface area contributed by atoms with Gasteiger partial charge >= 0.3 is 5.97 Å². The van der Waals surface area contributed by atoms with Crippen LogP contribution in [0.15, 0.2) is 65.6 Å². The largest absolute Gasteiger partial charge is 0.350 e. The fraction of sp³-hybridized carbons (Fsp3) is 0.188. The first-order valence-electron chi connectivity index (χ1n) is 6.94.